The third kappa shape index (κ3) is 7.83. The van der Waals surface area contributed by atoms with Crippen LogP contribution in [0.25, 0.3) is 0 Å². The summed E-state index contributed by atoms with van der Waals surface area (Å²) in [6, 6.07) is 33.1. The van der Waals surface area contributed by atoms with Crippen LogP contribution in [0.15, 0.2) is 121 Å². The number of hydrogen-bond acceptors (Lipinski definition) is 6. The van der Waals surface area contributed by atoms with Gasteiger partial charge < -0.3 is 25.2 Å². The van der Waals surface area contributed by atoms with Crippen LogP contribution in [-0.4, -0.2) is 27.9 Å². The molecule has 4 aromatic carbocycles. The lowest BCUT2D eigenvalue weighted by molar-refractivity contribution is -0.115. The average molecular weight is 574 g/mol. The second-order valence-corrected chi connectivity index (χ2v) is 9.42. The van der Waals surface area contributed by atoms with Crippen molar-refractivity contribution in [2.75, 3.05) is 10.6 Å². The number of pyridine rings is 1. The molecule has 214 valence electrons. The molecule has 0 aliphatic carbocycles. The zero-order chi connectivity index (χ0) is 30.0. The number of carboxylic acid groups (broad SMARTS) is 1. The molecule has 9 heteroatoms. The topological polar surface area (TPSA) is 127 Å². The van der Waals surface area contributed by atoms with E-state index in [2.05, 4.69) is 15.6 Å². The largest absolute Gasteiger partial charge is 0.489 e. The Kier molecular flexibility index (Phi) is 9.03. The molecule has 43 heavy (non-hydrogen) atoms. The number of rotatable bonds is 11. The van der Waals surface area contributed by atoms with Crippen LogP contribution < -0.4 is 20.1 Å². The molecule has 0 aliphatic heterocycles. The molecular weight excluding hydrogens is 546 g/mol. The van der Waals surface area contributed by atoms with Gasteiger partial charge in [-0.1, -0.05) is 54.6 Å². The smallest absolute Gasteiger partial charge is 0.337 e. The van der Waals surface area contributed by atoms with Crippen LogP contribution in [0.1, 0.15) is 31.8 Å². The van der Waals surface area contributed by atoms with E-state index in [1.54, 1.807) is 66.7 Å². The molecule has 9 nitrogen and oxygen atoms in total. The molecule has 2 amide bonds. The zero-order valence-corrected chi connectivity index (χ0v) is 22.9. The van der Waals surface area contributed by atoms with E-state index in [1.165, 1.54) is 12.3 Å². The molecule has 0 aliphatic rings. The van der Waals surface area contributed by atoms with Gasteiger partial charge >= 0.3 is 5.97 Å². The summed E-state index contributed by atoms with van der Waals surface area (Å²) in [5.41, 5.74) is 2.97. The average Bonchev–Trinajstić information content (AvgIpc) is 3.03. The van der Waals surface area contributed by atoms with Gasteiger partial charge in [-0.2, -0.15) is 0 Å². The Morgan fingerprint density at radius 1 is 0.698 bits per heavy atom. The molecule has 0 bridgehead atoms. The second kappa shape index (κ2) is 13.6. The number of nitrogens with zero attached hydrogens (tertiary/aromatic N) is 1. The maximum Gasteiger partial charge on any atom is 0.337 e. The first-order chi connectivity index (χ1) is 20.9. The number of anilines is 2. The standard InChI is InChI=1S/C34H27N3O6/c38-31(36-30-13-7-5-11-28(30)34(40)41)20-23-14-19-32(35-21-23)43-27-17-15-26(16-18-27)42-22-25-10-4-6-12-29(25)37-33(39)24-8-2-1-3-9-24/h1-19,21H,20,22H2,(H,36,38)(H,37,39)(H,40,41). The number of nitrogens with one attached hydrogen (secondary N) is 2. The fourth-order valence-electron chi connectivity index (χ4n) is 4.17. The van der Waals surface area contributed by atoms with E-state index in [1.807, 2.05) is 42.5 Å². The van der Waals surface area contributed by atoms with Gasteiger partial charge in [0.2, 0.25) is 11.8 Å². The molecule has 0 atom stereocenters. The summed E-state index contributed by atoms with van der Waals surface area (Å²) in [7, 11) is 0. The van der Waals surface area contributed by atoms with E-state index in [-0.39, 0.29) is 36.1 Å². The van der Waals surface area contributed by atoms with Crippen molar-refractivity contribution in [3.8, 4) is 17.4 Å². The normalized spacial score (nSPS) is 10.4. The number of carboxylic acids is 1. The molecule has 0 saturated heterocycles. The molecule has 1 heterocycles. The van der Waals surface area contributed by atoms with Crippen molar-refractivity contribution in [2.24, 2.45) is 0 Å². The van der Waals surface area contributed by atoms with Gasteiger partial charge in [-0.25, -0.2) is 9.78 Å². The highest BCUT2D eigenvalue weighted by atomic mass is 16.5. The van der Waals surface area contributed by atoms with E-state index >= 15 is 0 Å². The summed E-state index contributed by atoms with van der Waals surface area (Å²) >= 11 is 0. The summed E-state index contributed by atoms with van der Waals surface area (Å²) in [4.78, 5) is 40.6. The predicted molar refractivity (Wildman–Crippen MR) is 162 cm³/mol. The summed E-state index contributed by atoms with van der Waals surface area (Å²) in [6.45, 7) is 0.254. The Morgan fingerprint density at radius 3 is 2.09 bits per heavy atom. The molecule has 0 fully saturated rings. The number of hydrogen-bond donors (Lipinski definition) is 3. The molecule has 5 rings (SSSR count). The molecule has 5 aromatic rings. The monoisotopic (exact) mass is 573 g/mol. The molecular formula is C34H27N3O6. The highest BCUT2D eigenvalue weighted by Gasteiger charge is 2.13. The highest BCUT2D eigenvalue weighted by molar-refractivity contribution is 6.04. The van der Waals surface area contributed by atoms with Crippen molar-refractivity contribution in [1.29, 1.82) is 0 Å². The van der Waals surface area contributed by atoms with Gasteiger partial charge in [-0.05, 0) is 60.2 Å². The summed E-state index contributed by atoms with van der Waals surface area (Å²) < 4.78 is 11.8. The maximum atomic E-state index is 12.6. The Hall–Kier alpha value is -5.96. The van der Waals surface area contributed by atoms with Gasteiger partial charge in [0.1, 0.15) is 18.1 Å². The number of aromatic nitrogens is 1. The summed E-state index contributed by atoms with van der Waals surface area (Å²) in [6.07, 6.45) is 1.55. The number of aromatic carboxylic acids is 1. The first kappa shape index (κ1) is 28.6. The van der Waals surface area contributed by atoms with E-state index in [9.17, 15) is 19.5 Å². The minimum absolute atomic E-state index is 0.0197. The van der Waals surface area contributed by atoms with E-state index < -0.39 is 5.97 Å². The van der Waals surface area contributed by atoms with Crippen molar-refractivity contribution in [3.63, 3.8) is 0 Å². The zero-order valence-electron chi connectivity index (χ0n) is 22.9. The minimum Gasteiger partial charge on any atom is -0.489 e. The third-order valence-corrected chi connectivity index (χ3v) is 6.34. The van der Waals surface area contributed by atoms with Gasteiger partial charge in [-0.3, -0.25) is 9.59 Å². The fraction of sp³-hybridized carbons (Fsp3) is 0.0588. The van der Waals surface area contributed by atoms with Crippen LogP contribution in [0, 0.1) is 0 Å². The van der Waals surface area contributed by atoms with Crippen LogP contribution >= 0.6 is 0 Å². The predicted octanol–water partition coefficient (Wildman–Crippen LogP) is 6.58. The van der Waals surface area contributed by atoms with Gasteiger partial charge in [0, 0.05) is 29.1 Å². The van der Waals surface area contributed by atoms with E-state index in [4.69, 9.17) is 9.47 Å². The molecule has 0 saturated carbocycles. The lowest BCUT2D eigenvalue weighted by Gasteiger charge is -2.13. The first-order valence-electron chi connectivity index (χ1n) is 13.4. The lowest BCUT2D eigenvalue weighted by atomic mass is 10.1. The molecule has 0 spiro atoms. The number of carbonyl (C=O) groups excluding carboxylic acids is 2. The van der Waals surface area contributed by atoms with Crippen molar-refractivity contribution < 1.29 is 29.0 Å². The molecule has 0 unspecified atom stereocenters. The van der Waals surface area contributed by atoms with Crippen molar-refractivity contribution >= 4 is 29.2 Å². The van der Waals surface area contributed by atoms with Crippen LogP contribution in [0.2, 0.25) is 0 Å². The Morgan fingerprint density at radius 2 is 1.37 bits per heavy atom. The van der Waals surface area contributed by atoms with Gasteiger partial charge in [0.15, 0.2) is 0 Å². The van der Waals surface area contributed by atoms with E-state index in [0.717, 1.165) is 5.56 Å². The third-order valence-electron chi connectivity index (χ3n) is 6.34. The Labute approximate surface area is 247 Å². The second-order valence-electron chi connectivity index (χ2n) is 9.42. The van der Waals surface area contributed by atoms with Crippen LogP contribution in [0.5, 0.6) is 17.4 Å². The van der Waals surface area contributed by atoms with Crippen LogP contribution in [0.3, 0.4) is 0 Å². The first-order valence-corrected chi connectivity index (χ1v) is 13.4. The van der Waals surface area contributed by atoms with E-state index in [0.29, 0.717) is 34.2 Å². The molecule has 3 N–H and O–H groups in total. The number of benzene rings is 4. The van der Waals surface area contributed by atoms with Crippen molar-refractivity contribution in [3.05, 3.63) is 144 Å². The lowest BCUT2D eigenvalue weighted by Crippen LogP contribution is -2.16. The minimum atomic E-state index is -1.12. The van der Waals surface area contributed by atoms with Crippen molar-refractivity contribution in [1.82, 2.24) is 4.98 Å². The van der Waals surface area contributed by atoms with Crippen LogP contribution in [-0.2, 0) is 17.8 Å². The Bertz CT molecular complexity index is 1720. The van der Waals surface area contributed by atoms with Gasteiger partial charge in [-0.15, -0.1) is 0 Å². The maximum absolute atomic E-state index is 12.6. The molecule has 0 radical (unpaired) electrons. The highest BCUT2D eigenvalue weighted by Crippen LogP contribution is 2.25. The number of amides is 2. The van der Waals surface area contributed by atoms with Crippen molar-refractivity contribution in [2.45, 2.75) is 13.0 Å². The van der Waals surface area contributed by atoms with Gasteiger partial charge in [0.25, 0.3) is 5.91 Å². The number of carbonyl (C=O) groups is 3. The van der Waals surface area contributed by atoms with Gasteiger partial charge in [0.05, 0.1) is 17.7 Å². The fourth-order valence-corrected chi connectivity index (χ4v) is 4.17. The summed E-state index contributed by atoms with van der Waals surface area (Å²) in [5, 5.41) is 14.9. The Balaban J connectivity index is 1.13. The quantitative estimate of drug-likeness (QED) is 0.163. The van der Waals surface area contributed by atoms with Crippen LogP contribution in [0.4, 0.5) is 11.4 Å². The number of para-hydroxylation sites is 2. The SMILES string of the molecule is O=C(Cc1ccc(Oc2ccc(OCc3ccccc3NC(=O)c3ccccc3)cc2)nc1)Nc1ccccc1C(=O)O. The molecule has 1 aromatic heterocycles. The summed E-state index contributed by atoms with van der Waals surface area (Å²) in [5.74, 6) is -0.158. The number of ether oxygens (including phenoxy) is 2.